The van der Waals surface area contributed by atoms with Gasteiger partial charge in [-0.3, -0.25) is 0 Å². The summed E-state index contributed by atoms with van der Waals surface area (Å²) in [6.45, 7) is 4.14. The molecule has 1 aromatic heterocycles. The van der Waals surface area contributed by atoms with Gasteiger partial charge in [-0.05, 0) is 43.7 Å². The van der Waals surface area contributed by atoms with Crippen molar-refractivity contribution in [1.29, 1.82) is 0 Å². The second-order valence-corrected chi connectivity index (χ2v) is 5.82. The Hall–Kier alpha value is -3.15. The van der Waals surface area contributed by atoms with Crippen LogP contribution >= 0.6 is 0 Å². The number of guanidine groups is 1. The normalized spacial score (nSPS) is 11.6. The molecule has 1 heterocycles. The molecule has 25 heavy (non-hydrogen) atoms. The second-order valence-electron chi connectivity index (χ2n) is 5.82. The number of nitrogens with zero attached hydrogens (tertiary/aromatic N) is 3. The van der Waals surface area contributed by atoms with Crippen LogP contribution in [0.2, 0.25) is 0 Å². The fourth-order valence-electron chi connectivity index (χ4n) is 2.48. The molecule has 0 unspecified atom stereocenters. The SMILES string of the molecule is Cc1ccc(NC(N)=NCc2ccc(-n3ccnc3C)c(F)c2)cc1. The van der Waals surface area contributed by atoms with Crippen molar-refractivity contribution in [3.8, 4) is 5.69 Å². The molecule has 0 fully saturated rings. The van der Waals surface area contributed by atoms with Crippen molar-refractivity contribution in [1.82, 2.24) is 9.55 Å². The smallest absolute Gasteiger partial charge is 0.193 e. The van der Waals surface area contributed by atoms with E-state index in [-0.39, 0.29) is 5.82 Å². The molecule has 0 amide bonds. The van der Waals surface area contributed by atoms with Crippen LogP contribution in [0.3, 0.4) is 0 Å². The zero-order valence-corrected chi connectivity index (χ0v) is 14.2. The van der Waals surface area contributed by atoms with E-state index in [1.165, 1.54) is 11.6 Å². The number of hydrogen-bond acceptors (Lipinski definition) is 2. The van der Waals surface area contributed by atoms with Crippen LogP contribution in [-0.2, 0) is 6.54 Å². The third-order valence-electron chi connectivity index (χ3n) is 3.85. The van der Waals surface area contributed by atoms with E-state index in [0.29, 0.717) is 18.2 Å². The third kappa shape index (κ3) is 4.03. The standard InChI is InChI=1S/C19H20FN5/c1-13-3-6-16(7-4-13)24-19(21)23-12-15-5-8-18(17(20)11-15)25-10-9-22-14(25)2/h3-11H,12H2,1-2H3,(H3,21,23,24). The zero-order valence-electron chi connectivity index (χ0n) is 14.2. The van der Waals surface area contributed by atoms with E-state index in [1.54, 1.807) is 23.0 Å². The van der Waals surface area contributed by atoms with E-state index in [4.69, 9.17) is 5.73 Å². The van der Waals surface area contributed by atoms with E-state index in [1.807, 2.05) is 44.2 Å². The maximum atomic E-state index is 14.4. The zero-order chi connectivity index (χ0) is 17.8. The average Bonchev–Trinajstić information content (AvgIpc) is 3.01. The molecule has 3 rings (SSSR count). The molecule has 3 N–H and O–H groups in total. The molecule has 128 valence electrons. The van der Waals surface area contributed by atoms with Crippen molar-refractivity contribution in [2.24, 2.45) is 10.7 Å². The van der Waals surface area contributed by atoms with Crippen molar-refractivity contribution >= 4 is 11.6 Å². The van der Waals surface area contributed by atoms with Gasteiger partial charge in [-0.15, -0.1) is 0 Å². The quantitative estimate of drug-likeness (QED) is 0.565. The largest absolute Gasteiger partial charge is 0.370 e. The molecule has 0 aliphatic heterocycles. The molecule has 0 aliphatic carbocycles. The van der Waals surface area contributed by atoms with Crippen molar-refractivity contribution in [3.05, 3.63) is 77.6 Å². The van der Waals surface area contributed by atoms with Gasteiger partial charge in [0.25, 0.3) is 0 Å². The molecule has 0 atom stereocenters. The number of nitrogens with one attached hydrogen (secondary N) is 1. The van der Waals surface area contributed by atoms with Crippen LogP contribution in [0.5, 0.6) is 0 Å². The predicted octanol–water partition coefficient (Wildman–Crippen LogP) is 3.56. The summed E-state index contributed by atoms with van der Waals surface area (Å²) in [6, 6.07) is 12.9. The topological polar surface area (TPSA) is 68.2 Å². The van der Waals surface area contributed by atoms with Crippen molar-refractivity contribution in [2.45, 2.75) is 20.4 Å². The van der Waals surface area contributed by atoms with E-state index >= 15 is 0 Å². The first kappa shape index (κ1) is 16.7. The number of benzene rings is 2. The lowest BCUT2D eigenvalue weighted by Gasteiger charge is -2.09. The number of rotatable bonds is 4. The number of halogens is 1. The van der Waals surface area contributed by atoms with E-state index in [2.05, 4.69) is 15.3 Å². The highest BCUT2D eigenvalue weighted by Crippen LogP contribution is 2.17. The number of nitrogens with two attached hydrogens (primary N) is 1. The summed E-state index contributed by atoms with van der Waals surface area (Å²) in [7, 11) is 0. The highest BCUT2D eigenvalue weighted by Gasteiger charge is 2.07. The molecular weight excluding hydrogens is 317 g/mol. The van der Waals surface area contributed by atoms with Gasteiger partial charge in [-0.2, -0.15) is 0 Å². The van der Waals surface area contributed by atoms with Gasteiger partial charge in [0.05, 0.1) is 12.2 Å². The molecule has 2 aromatic carbocycles. The molecule has 0 aliphatic rings. The molecule has 0 saturated carbocycles. The van der Waals surface area contributed by atoms with Gasteiger partial charge in [0, 0.05) is 18.1 Å². The van der Waals surface area contributed by atoms with Crippen LogP contribution in [-0.4, -0.2) is 15.5 Å². The first-order valence-corrected chi connectivity index (χ1v) is 7.95. The molecule has 6 heteroatoms. The van der Waals surface area contributed by atoms with E-state index in [9.17, 15) is 4.39 Å². The molecule has 0 radical (unpaired) electrons. The van der Waals surface area contributed by atoms with Gasteiger partial charge >= 0.3 is 0 Å². The molecule has 0 saturated heterocycles. The van der Waals surface area contributed by atoms with Gasteiger partial charge in [0.1, 0.15) is 11.6 Å². The Labute approximate surface area is 146 Å². The highest BCUT2D eigenvalue weighted by molar-refractivity contribution is 5.92. The minimum absolute atomic E-state index is 0.291. The fourth-order valence-corrected chi connectivity index (χ4v) is 2.48. The monoisotopic (exact) mass is 337 g/mol. The first-order chi connectivity index (χ1) is 12.0. The third-order valence-corrected chi connectivity index (χ3v) is 3.85. The van der Waals surface area contributed by atoms with Crippen LogP contribution in [0, 0.1) is 19.7 Å². The summed E-state index contributed by atoms with van der Waals surface area (Å²) in [4.78, 5) is 8.37. The Morgan fingerprint density at radius 1 is 1.20 bits per heavy atom. The Morgan fingerprint density at radius 3 is 2.60 bits per heavy atom. The molecule has 3 aromatic rings. The lowest BCUT2D eigenvalue weighted by molar-refractivity contribution is 0.614. The highest BCUT2D eigenvalue weighted by atomic mass is 19.1. The van der Waals surface area contributed by atoms with Crippen LogP contribution in [0.25, 0.3) is 5.69 Å². The van der Waals surface area contributed by atoms with Gasteiger partial charge in [0.2, 0.25) is 0 Å². The van der Waals surface area contributed by atoms with Crippen molar-refractivity contribution in [3.63, 3.8) is 0 Å². The first-order valence-electron chi connectivity index (χ1n) is 7.95. The van der Waals surface area contributed by atoms with Crippen molar-refractivity contribution in [2.75, 3.05) is 5.32 Å². The number of aliphatic imine (C=N–C) groups is 1. The minimum atomic E-state index is -0.320. The maximum absolute atomic E-state index is 14.4. The number of imidazole rings is 1. The lowest BCUT2D eigenvalue weighted by atomic mass is 10.2. The minimum Gasteiger partial charge on any atom is -0.370 e. The average molecular weight is 337 g/mol. The molecule has 0 spiro atoms. The van der Waals surface area contributed by atoms with Gasteiger partial charge in [0.15, 0.2) is 5.96 Å². The number of aryl methyl sites for hydroxylation is 2. The van der Waals surface area contributed by atoms with Gasteiger partial charge < -0.3 is 15.6 Å². The Kier molecular flexibility index (Phi) is 4.79. The summed E-state index contributed by atoms with van der Waals surface area (Å²) in [5.41, 5.74) is 9.13. The summed E-state index contributed by atoms with van der Waals surface area (Å²) >= 11 is 0. The number of anilines is 1. The maximum Gasteiger partial charge on any atom is 0.193 e. The summed E-state index contributed by atoms with van der Waals surface area (Å²) in [6.07, 6.45) is 3.37. The van der Waals surface area contributed by atoms with Crippen molar-refractivity contribution < 1.29 is 4.39 Å². The summed E-state index contributed by atoms with van der Waals surface area (Å²) in [5.74, 6) is 0.703. The number of hydrogen-bond donors (Lipinski definition) is 2. The number of aromatic nitrogens is 2. The van der Waals surface area contributed by atoms with Crippen LogP contribution < -0.4 is 11.1 Å². The molecule has 0 bridgehead atoms. The lowest BCUT2D eigenvalue weighted by Crippen LogP contribution is -2.22. The molecular formula is C19H20FN5. The van der Waals surface area contributed by atoms with Crippen LogP contribution in [0.1, 0.15) is 17.0 Å². The Balaban J connectivity index is 1.69. The van der Waals surface area contributed by atoms with Gasteiger partial charge in [-0.1, -0.05) is 23.8 Å². The summed E-state index contributed by atoms with van der Waals surface area (Å²) < 4.78 is 16.1. The van der Waals surface area contributed by atoms with Crippen LogP contribution in [0.15, 0.2) is 59.9 Å². The van der Waals surface area contributed by atoms with Gasteiger partial charge in [-0.25, -0.2) is 14.4 Å². The Bertz CT molecular complexity index is 896. The summed E-state index contributed by atoms with van der Waals surface area (Å²) in [5, 5.41) is 3.02. The molecule has 5 nitrogen and oxygen atoms in total. The Morgan fingerprint density at radius 2 is 1.96 bits per heavy atom. The van der Waals surface area contributed by atoms with E-state index in [0.717, 1.165) is 17.1 Å². The second kappa shape index (κ2) is 7.17. The predicted molar refractivity (Wildman–Crippen MR) is 98.4 cm³/mol. The van der Waals surface area contributed by atoms with E-state index < -0.39 is 0 Å². The fraction of sp³-hybridized carbons (Fsp3) is 0.158. The van der Waals surface area contributed by atoms with Crippen LogP contribution in [0.4, 0.5) is 10.1 Å².